The van der Waals surface area contributed by atoms with Crippen molar-refractivity contribution in [1.82, 2.24) is 5.32 Å². The van der Waals surface area contributed by atoms with Gasteiger partial charge in [0.05, 0.1) is 23.7 Å². The molecule has 0 spiro atoms. The number of rotatable bonds is 3. The first-order valence-corrected chi connectivity index (χ1v) is 6.98. The molecule has 0 radical (unpaired) electrons. The molecular formula is C16H23NO3. The Morgan fingerprint density at radius 3 is 2.60 bits per heavy atom. The number of carbonyl (C=O) groups excluding carboxylic acids is 1. The van der Waals surface area contributed by atoms with Crippen molar-refractivity contribution in [2.24, 2.45) is 0 Å². The third-order valence-corrected chi connectivity index (χ3v) is 4.24. The average Bonchev–Trinajstić information content (AvgIpc) is 2.36. The van der Waals surface area contributed by atoms with Crippen molar-refractivity contribution in [3.8, 4) is 5.75 Å². The quantitative estimate of drug-likeness (QED) is 0.890. The molecule has 1 atom stereocenters. The lowest BCUT2D eigenvalue weighted by molar-refractivity contribution is -0.128. The van der Waals surface area contributed by atoms with Gasteiger partial charge in [0.2, 0.25) is 5.91 Å². The van der Waals surface area contributed by atoms with E-state index >= 15 is 0 Å². The van der Waals surface area contributed by atoms with E-state index in [1.54, 1.807) is 13.8 Å². The van der Waals surface area contributed by atoms with Gasteiger partial charge >= 0.3 is 0 Å². The lowest BCUT2D eigenvalue weighted by Crippen LogP contribution is -2.58. The zero-order chi connectivity index (χ0) is 15.0. The maximum atomic E-state index is 12.5. The van der Waals surface area contributed by atoms with Crippen LogP contribution in [-0.2, 0) is 4.79 Å². The standard InChI is InChI=1S/C16H23NO3/c1-15(2,16(3,4)19)17-14(18)12-9-10-20-13-8-6-5-7-11(12)13/h5-8,12,19H,9-10H2,1-4H3,(H,17,18). The highest BCUT2D eigenvalue weighted by Gasteiger charge is 2.38. The molecule has 20 heavy (non-hydrogen) atoms. The van der Waals surface area contributed by atoms with Gasteiger partial charge in [-0.3, -0.25) is 4.79 Å². The SMILES string of the molecule is CC(C)(O)C(C)(C)NC(=O)C1CCOc2ccccc21. The van der Waals surface area contributed by atoms with E-state index in [1.165, 1.54) is 0 Å². The second kappa shape index (κ2) is 5.09. The normalized spacial score (nSPS) is 18.9. The second-order valence-corrected chi connectivity index (χ2v) is 6.40. The largest absolute Gasteiger partial charge is 0.493 e. The molecule has 0 fully saturated rings. The molecule has 2 N–H and O–H groups in total. The zero-order valence-electron chi connectivity index (χ0n) is 12.6. The van der Waals surface area contributed by atoms with Gasteiger partial charge in [0.25, 0.3) is 0 Å². The minimum atomic E-state index is -0.993. The average molecular weight is 277 g/mol. The van der Waals surface area contributed by atoms with Gasteiger partial charge < -0.3 is 15.2 Å². The van der Waals surface area contributed by atoms with Crippen LogP contribution in [0.5, 0.6) is 5.75 Å². The van der Waals surface area contributed by atoms with Gasteiger partial charge in [-0.15, -0.1) is 0 Å². The van der Waals surface area contributed by atoms with Crippen LogP contribution in [0.2, 0.25) is 0 Å². The van der Waals surface area contributed by atoms with E-state index in [1.807, 2.05) is 38.1 Å². The molecule has 1 aromatic carbocycles. The molecular weight excluding hydrogens is 254 g/mol. The van der Waals surface area contributed by atoms with Gasteiger partial charge in [-0.25, -0.2) is 0 Å². The van der Waals surface area contributed by atoms with Gasteiger partial charge in [0, 0.05) is 5.56 Å². The molecule has 1 heterocycles. The van der Waals surface area contributed by atoms with Crippen LogP contribution in [0.1, 0.15) is 45.6 Å². The molecule has 1 aromatic rings. The van der Waals surface area contributed by atoms with Crippen molar-refractivity contribution >= 4 is 5.91 Å². The number of hydrogen-bond donors (Lipinski definition) is 2. The molecule has 1 unspecified atom stereocenters. The maximum Gasteiger partial charge on any atom is 0.228 e. The van der Waals surface area contributed by atoms with Crippen LogP contribution in [-0.4, -0.2) is 28.8 Å². The monoisotopic (exact) mass is 277 g/mol. The molecule has 0 saturated heterocycles. The number of benzene rings is 1. The van der Waals surface area contributed by atoms with E-state index < -0.39 is 11.1 Å². The summed E-state index contributed by atoms with van der Waals surface area (Å²) in [5, 5.41) is 13.1. The molecule has 1 amide bonds. The fourth-order valence-electron chi connectivity index (χ4n) is 2.16. The number of amides is 1. The Bertz CT molecular complexity index is 503. The number of ether oxygens (including phenoxy) is 1. The van der Waals surface area contributed by atoms with Crippen LogP contribution in [0.3, 0.4) is 0 Å². The van der Waals surface area contributed by atoms with Crippen LogP contribution in [0.25, 0.3) is 0 Å². The predicted molar refractivity (Wildman–Crippen MR) is 77.8 cm³/mol. The van der Waals surface area contributed by atoms with E-state index in [9.17, 15) is 9.90 Å². The van der Waals surface area contributed by atoms with Crippen molar-refractivity contribution in [2.45, 2.75) is 51.2 Å². The Morgan fingerprint density at radius 2 is 1.95 bits per heavy atom. The van der Waals surface area contributed by atoms with E-state index in [4.69, 9.17) is 4.74 Å². The van der Waals surface area contributed by atoms with Gasteiger partial charge in [-0.2, -0.15) is 0 Å². The summed E-state index contributed by atoms with van der Waals surface area (Å²) in [5.41, 5.74) is -0.771. The van der Waals surface area contributed by atoms with Crippen LogP contribution < -0.4 is 10.1 Å². The Balaban J connectivity index is 2.20. The van der Waals surface area contributed by atoms with Crippen LogP contribution in [0.4, 0.5) is 0 Å². The minimum absolute atomic E-state index is 0.0622. The molecule has 0 aromatic heterocycles. The maximum absolute atomic E-state index is 12.5. The Morgan fingerprint density at radius 1 is 1.30 bits per heavy atom. The van der Waals surface area contributed by atoms with Crippen molar-refractivity contribution in [3.05, 3.63) is 29.8 Å². The molecule has 4 heteroatoms. The lowest BCUT2D eigenvalue weighted by atomic mass is 9.84. The van der Waals surface area contributed by atoms with Gasteiger partial charge in [-0.1, -0.05) is 18.2 Å². The third kappa shape index (κ3) is 2.80. The Labute approximate surface area is 120 Å². The summed E-state index contributed by atoms with van der Waals surface area (Å²) in [6.07, 6.45) is 0.658. The van der Waals surface area contributed by atoms with Gasteiger partial charge in [-0.05, 0) is 40.2 Å². The number of carbonyl (C=O) groups is 1. The Kier molecular flexibility index (Phi) is 3.78. The lowest BCUT2D eigenvalue weighted by Gasteiger charge is -2.39. The first-order valence-electron chi connectivity index (χ1n) is 6.98. The highest BCUT2D eigenvalue weighted by Crippen LogP contribution is 2.34. The van der Waals surface area contributed by atoms with Crippen molar-refractivity contribution < 1.29 is 14.6 Å². The molecule has 0 saturated carbocycles. The number of nitrogens with one attached hydrogen (secondary N) is 1. The van der Waals surface area contributed by atoms with Crippen LogP contribution >= 0.6 is 0 Å². The summed E-state index contributed by atoms with van der Waals surface area (Å²) in [6, 6.07) is 7.63. The smallest absolute Gasteiger partial charge is 0.228 e. The van der Waals surface area contributed by atoms with Gasteiger partial charge in [0.1, 0.15) is 5.75 Å². The summed E-state index contributed by atoms with van der Waals surface area (Å²) in [6.45, 7) is 7.60. The summed E-state index contributed by atoms with van der Waals surface area (Å²) in [5.74, 6) is 0.495. The molecule has 0 bridgehead atoms. The first kappa shape index (κ1) is 14.9. The fourth-order valence-corrected chi connectivity index (χ4v) is 2.16. The summed E-state index contributed by atoms with van der Waals surface area (Å²) >= 11 is 0. The molecule has 1 aliphatic rings. The number of aliphatic hydroxyl groups is 1. The number of hydrogen-bond acceptors (Lipinski definition) is 3. The Hall–Kier alpha value is -1.55. The molecule has 4 nitrogen and oxygen atoms in total. The van der Waals surface area contributed by atoms with Crippen molar-refractivity contribution in [2.75, 3.05) is 6.61 Å². The molecule has 0 aliphatic carbocycles. The zero-order valence-corrected chi connectivity index (χ0v) is 12.6. The van der Waals surface area contributed by atoms with E-state index in [0.29, 0.717) is 13.0 Å². The fraction of sp³-hybridized carbons (Fsp3) is 0.562. The van der Waals surface area contributed by atoms with Gasteiger partial charge in [0.15, 0.2) is 0 Å². The van der Waals surface area contributed by atoms with E-state index in [-0.39, 0.29) is 11.8 Å². The number of fused-ring (bicyclic) bond motifs is 1. The minimum Gasteiger partial charge on any atom is -0.493 e. The third-order valence-electron chi connectivity index (χ3n) is 4.24. The summed E-state index contributed by atoms with van der Waals surface area (Å²) < 4.78 is 5.57. The summed E-state index contributed by atoms with van der Waals surface area (Å²) in [4.78, 5) is 12.5. The van der Waals surface area contributed by atoms with E-state index in [2.05, 4.69) is 5.32 Å². The molecule has 110 valence electrons. The highest BCUT2D eigenvalue weighted by atomic mass is 16.5. The number of para-hydroxylation sites is 1. The van der Waals surface area contributed by atoms with Crippen molar-refractivity contribution in [3.63, 3.8) is 0 Å². The first-order chi connectivity index (χ1) is 9.22. The van der Waals surface area contributed by atoms with Crippen molar-refractivity contribution in [1.29, 1.82) is 0 Å². The van der Waals surface area contributed by atoms with Crippen LogP contribution in [0, 0.1) is 0 Å². The topological polar surface area (TPSA) is 58.6 Å². The van der Waals surface area contributed by atoms with Crippen LogP contribution in [0.15, 0.2) is 24.3 Å². The highest BCUT2D eigenvalue weighted by molar-refractivity contribution is 5.85. The molecule has 2 rings (SSSR count). The summed E-state index contributed by atoms with van der Waals surface area (Å²) in [7, 11) is 0. The predicted octanol–water partition coefficient (Wildman–Crippen LogP) is 2.22. The second-order valence-electron chi connectivity index (χ2n) is 6.40. The van der Waals surface area contributed by atoms with E-state index in [0.717, 1.165) is 11.3 Å². The molecule has 1 aliphatic heterocycles.